The van der Waals surface area contributed by atoms with Gasteiger partial charge in [-0.3, -0.25) is 0 Å². The van der Waals surface area contributed by atoms with Gasteiger partial charge in [-0.1, -0.05) is 0 Å². The molecule has 0 rings (SSSR count). The second-order valence-corrected chi connectivity index (χ2v) is 0.750. The summed E-state index contributed by atoms with van der Waals surface area (Å²) in [4.78, 5) is 25.0. The molecule has 0 fully saturated rings. The molecule has 11 heteroatoms. The van der Waals surface area contributed by atoms with E-state index in [-0.39, 0.29) is 88.1 Å². The Labute approximate surface area is 149 Å². The van der Waals surface area contributed by atoms with E-state index in [2.05, 4.69) is 0 Å². The van der Waals surface area contributed by atoms with Gasteiger partial charge in [0.15, 0.2) is 0 Å². The average Bonchev–Trinajstić information content (AvgIpc) is 1.54. The molecule has 0 aromatic heterocycles. The summed E-state index contributed by atoms with van der Waals surface area (Å²) in [5.41, 5.74) is 0. The van der Waals surface area contributed by atoms with E-state index >= 15 is 0 Å². The Bertz CT molecular complexity index is 116. The molecule has 0 saturated carbocycles. The summed E-state index contributed by atoms with van der Waals surface area (Å²) < 4.78 is 0. The van der Waals surface area contributed by atoms with Gasteiger partial charge < -0.3 is 45.0 Å². The predicted octanol–water partition coefficient (Wildman–Crippen LogP) is -7.34. The van der Waals surface area contributed by atoms with Gasteiger partial charge in [0.05, 0.1) is 0 Å². The van der Waals surface area contributed by atoms with Crippen LogP contribution >= 0.6 is 0 Å². The molecule has 0 aliphatic rings. The Hall–Kier alpha value is 0.693. The number of rotatable bonds is 0. The second-order valence-electron chi connectivity index (χ2n) is 0.750. The molecule has 0 unspecified atom stereocenters. The van der Waals surface area contributed by atoms with Gasteiger partial charge in [-0.25, -0.2) is 0 Å². The van der Waals surface area contributed by atoms with Crippen molar-refractivity contribution in [1.82, 2.24) is 0 Å². The summed E-state index contributed by atoms with van der Waals surface area (Å²) in [5, 5.41) is 50.0. The fourth-order valence-corrected chi connectivity index (χ4v) is 0. The zero-order valence-electron chi connectivity index (χ0n) is 6.33. The number of carboxylic acid groups (broad SMARTS) is 6. The standard InChI is InChI=1S/3CH2O3.2Ac/c3*2-1(3)4;;/h3*(H2,2,3,4);;/p-6. The minimum Gasteiger partial charge on any atom is -0.652 e. The van der Waals surface area contributed by atoms with E-state index in [4.69, 9.17) is 45.0 Å². The van der Waals surface area contributed by atoms with Crippen molar-refractivity contribution in [2.45, 2.75) is 0 Å². The van der Waals surface area contributed by atoms with Crippen molar-refractivity contribution in [3.8, 4) is 0 Å². The van der Waals surface area contributed by atoms with Crippen LogP contribution in [0.15, 0.2) is 0 Å². The smallest absolute Gasteiger partial charge is 0 e. The Morgan fingerprint density at radius 2 is 0.500 bits per heavy atom. The normalized spacial score (nSPS) is 5.14. The molecule has 0 heterocycles. The van der Waals surface area contributed by atoms with Gasteiger partial charge in [0.25, 0.3) is 0 Å². The van der Waals surface area contributed by atoms with Crippen molar-refractivity contribution in [2.75, 3.05) is 0 Å². The van der Waals surface area contributed by atoms with Gasteiger partial charge in [-0.15, -0.1) is 0 Å². The van der Waals surface area contributed by atoms with Crippen LogP contribution in [0.3, 0.4) is 0 Å². The SMILES string of the molecule is O=C([O-])[O-].O=C([O-])[O-].O=C([O-])[O-].[Ac].[Ac]. The van der Waals surface area contributed by atoms with Crippen LogP contribution in [-0.4, -0.2) is 18.5 Å². The first-order valence-electron chi connectivity index (χ1n) is 1.84. The van der Waals surface area contributed by atoms with Crippen molar-refractivity contribution in [2.24, 2.45) is 0 Å². The molecule has 0 bridgehead atoms. The molecule has 0 spiro atoms. The van der Waals surface area contributed by atoms with Crippen molar-refractivity contribution in [3.63, 3.8) is 0 Å². The van der Waals surface area contributed by atoms with Crippen molar-refractivity contribution in [3.05, 3.63) is 0 Å². The molecule has 0 aliphatic carbocycles. The van der Waals surface area contributed by atoms with Crippen LogP contribution in [0.2, 0.25) is 0 Å². The summed E-state index contributed by atoms with van der Waals surface area (Å²) in [6, 6.07) is 0. The summed E-state index contributed by atoms with van der Waals surface area (Å²) in [5.74, 6) is 0. The molecule has 9 nitrogen and oxygen atoms in total. The van der Waals surface area contributed by atoms with Gasteiger partial charge in [0.1, 0.15) is 0 Å². The van der Waals surface area contributed by atoms with Gasteiger partial charge in [-0.05, 0) is 18.5 Å². The molecule has 0 aromatic carbocycles. The van der Waals surface area contributed by atoms with Crippen LogP contribution in [0.1, 0.15) is 0 Å². The van der Waals surface area contributed by atoms with Crippen LogP contribution in [0.4, 0.5) is 14.4 Å². The second kappa shape index (κ2) is 23.5. The Morgan fingerprint density at radius 1 is 0.500 bits per heavy atom. The fraction of sp³-hybridized carbons (Fsp3) is 0. The summed E-state index contributed by atoms with van der Waals surface area (Å²) in [6.45, 7) is 0. The molecular formula is C3Ac2O9-6. The topological polar surface area (TPSA) is 190 Å². The van der Waals surface area contributed by atoms with E-state index in [1.807, 2.05) is 0 Å². The minimum absolute atomic E-state index is 0. The molecule has 0 atom stereocenters. The maximum Gasteiger partial charge on any atom is 0 e. The molecule has 14 heavy (non-hydrogen) atoms. The van der Waals surface area contributed by atoms with Gasteiger partial charge in [-0.2, -0.15) is 0 Å². The van der Waals surface area contributed by atoms with Gasteiger partial charge in [0, 0.05) is 88.1 Å². The predicted molar refractivity (Wildman–Crippen MR) is 16.2 cm³/mol. The third-order valence-electron chi connectivity index (χ3n) is 0. The van der Waals surface area contributed by atoms with E-state index in [1.165, 1.54) is 0 Å². The number of carbonyl (C=O) groups is 3. The summed E-state index contributed by atoms with van der Waals surface area (Å²) >= 11 is 0. The van der Waals surface area contributed by atoms with Crippen LogP contribution in [-0.2, 0) is 0 Å². The molecule has 2 radical (unpaired) electrons. The molecular weight excluding hydrogens is 634 g/mol. The van der Waals surface area contributed by atoms with Crippen molar-refractivity contribution in [1.29, 1.82) is 0 Å². The van der Waals surface area contributed by atoms with Crippen molar-refractivity contribution >= 4 is 18.5 Å². The maximum absolute atomic E-state index is 8.33. The first-order chi connectivity index (χ1) is 5.20. The average molecular weight is 634 g/mol. The van der Waals surface area contributed by atoms with Crippen LogP contribution in [0, 0.1) is 88.1 Å². The maximum atomic E-state index is 8.33. The van der Waals surface area contributed by atoms with E-state index in [0.717, 1.165) is 0 Å². The van der Waals surface area contributed by atoms with E-state index in [9.17, 15) is 0 Å². The summed E-state index contributed by atoms with van der Waals surface area (Å²) in [6.07, 6.45) is -7.00. The zero-order chi connectivity index (χ0) is 10.7. The van der Waals surface area contributed by atoms with E-state index in [1.54, 1.807) is 0 Å². The molecule has 0 saturated heterocycles. The third kappa shape index (κ3) is 3610. The summed E-state index contributed by atoms with van der Waals surface area (Å²) in [7, 11) is 0. The third-order valence-corrected chi connectivity index (χ3v) is 0. The van der Waals surface area contributed by atoms with Gasteiger partial charge >= 0.3 is 0 Å². The van der Waals surface area contributed by atoms with E-state index in [0.29, 0.717) is 0 Å². The van der Waals surface area contributed by atoms with E-state index < -0.39 is 18.5 Å². The molecule has 0 N–H and O–H groups in total. The number of hydrogen-bond donors (Lipinski definition) is 0. The van der Waals surface area contributed by atoms with Crippen LogP contribution in [0.5, 0.6) is 0 Å². The Morgan fingerprint density at radius 3 is 0.500 bits per heavy atom. The fourth-order valence-electron chi connectivity index (χ4n) is 0. The monoisotopic (exact) mass is 634 g/mol. The molecule has 0 aliphatic heterocycles. The van der Waals surface area contributed by atoms with Crippen LogP contribution < -0.4 is 30.6 Å². The Kier molecular flexibility index (Phi) is 49.2. The Balaban J connectivity index is -0.0000000270. The van der Waals surface area contributed by atoms with Crippen molar-refractivity contribution < 1.29 is 133 Å². The molecule has 0 aromatic rings. The number of hydrogen-bond acceptors (Lipinski definition) is 9. The number of carbonyl (C=O) groups excluding carboxylic acids is 3. The van der Waals surface area contributed by atoms with Gasteiger partial charge in [0.2, 0.25) is 0 Å². The first kappa shape index (κ1) is 29.3. The minimum atomic E-state index is -2.33. The first-order valence-corrected chi connectivity index (χ1v) is 1.84. The zero-order valence-corrected chi connectivity index (χ0v) is 15.8. The quantitative estimate of drug-likeness (QED) is 0.249. The molecule has 0 amide bonds. The largest absolute Gasteiger partial charge is 0.652 e. The molecule has 78 valence electrons. The van der Waals surface area contributed by atoms with Crippen LogP contribution in [0.25, 0.3) is 0 Å².